The monoisotopic (exact) mass is 185 g/mol. The Morgan fingerprint density at radius 1 is 1.67 bits per heavy atom. The van der Waals surface area contributed by atoms with E-state index in [-0.39, 0.29) is 5.37 Å². The van der Waals surface area contributed by atoms with Crippen molar-refractivity contribution in [2.45, 2.75) is 12.3 Å². The Morgan fingerprint density at radius 2 is 2.42 bits per heavy atom. The first kappa shape index (κ1) is 7.90. The normalized spacial score (nSPS) is 28.4. The van der Waals surface area contributed by atoms with Gasteiger partial charge in [0.2, 0.25) is 0 Å². The van der Waals surface area contributed by atoms with Gasteiger partial charge in [-0.1, -0.05) is 11.8 Å². The maximum atomic E-state index is 5.70. The summed E-state index contributed by atoms with van der Waals surface area (Å²) in [6.07, 6.45) is 1.87. The van der Waals surface area contributed by atoms with Gasteiger partial charge in [0.05, 0.1) is 10.3 Å². The van der Waals surface area contributed by atoms with E-state index < -0.39 is 0 Å². The number of rotatable bonds is 0. The maximum absolute atomic E-state index is 5.70. The van der Waals surface area contributed by atoms with Crippen molar-refractivity contribution in [2.75, 3.05) is 6.67 Å². The first-order valence-corrected chi connectivity index (χ1v) is 4.55. The van der Waals surface area contributed by atoms with Gasteiger partial charge in [-0.2, -0.15) is 0 Å². The Labute approximate surface area is 75.0 Å². The van der Waals surface area contributed by atoms with E-state index in [9.17, 15) is 0 Å². The van der Waals surface area contributed by atoms with Crippen molar-refractivity contribution in [3.05, 3.63) is 11.1 Å². The lowest BCUT2D eigenvalue weighted by Gasteiger charge is -2.28. The van der Waals surface area contributed by atoms with Crippen LogP contribution in [0.25, 0.3) is 0 Å². The second kappa shape index (κ2) is 2.65. The molecule has 2 aliphatic heterocycles. The Balaban J connectivity index is 2.32. The minimum atomic E-state index is 0.254. The molecule has 2 rings (SSSR count). The van der Waals surface area contributed by atoms with Gasteiger partial charge in [0.15, 0.2) is 5.84 Å². The average molecular weight is 185 g/mol. The number of aliphatic imine (C=N–C) groups is 1. The van der Waals surface area contributed by atoms with Crippen molar-refractivity contribution in [3.8, 4) is 0 Å². The molecule has 66 valence electrons. The molecule has 0 spiro atoms. The van der Waals surface area contributed by atoms with Gasteiger partial charge < -0.3 is 0 Å². The number of hydrogen-bond acceptors (Lipinski definition) is 6. The molecule has 0 aromatic rings. The maximum Gasteiger partial charge on any atom is 0.156 e. The molecule has 5 nitrogen and oxygen atoms in total. The summed E-state index contributed by atoms with van der Waals surface area (Å²) in [5.41, 5.74) is 0. The summed E-state index contributed by atoms with van der Waals surface area (Å²) in [6.45, 7) is 2.53. The number of hydrazine groups is 2. The van der Waals surface area contributed by atoms with Crippen LogP contribution >= 0.6 is 11.8 Å². The predicted molar refractivity (Wildman–Crippen MR) is 49.5 cm³/mol. The molecular weight excluding hydrogens is 174 g/mol. The fourth-order valence-corrected chi connectivity index (χ4v) is 2.23. The van der Waals surface area contributed by atoms with Crippen LogP contribution in [0.4, 0.5) is 0 Å². The number of amidine groups is 1. The van der Waals surface area contributed by atoms with Crippen molar-refractivity contribution in [1.29, 1.82) is 0 Å². The van der Waals surface area contributed by atoms with Crippen molar-refractivity contribution < 1.29 is 0 Å². The van der Waals surface area contributed by atoms with Crippen molar-refractivity contribution >= 4 is 17.6 Å². The smallest absolute Gasteiger partial charge is 0.156 e. The fourth-order valence-electron chi connectivity index (χ4n) is 1.24. The molecule has 1 atom stereocenters. The number of thioether (sulfide) groups is 1. The third-order valence-electron chi connectivity index (χ3n) is 1.69. The van der Waals surface area contributed by atoms with Gasteiger partial charge in [0.25, 0.3) is 0 Å². The molecular formula is C6H11N5S. The van der Waals surface area contributed by atoms with Crippen LogP contribution in [-0.4, -0.2) is 27.9 Å². The zero-order chi connectivity index (χ0) is 8.72. The molecule has 0 aromatic carbocycles. The van der Waals surface area contributed by atoms with E-state index in [1.165, 1.54) is 0 Å². The largest absolute Gasteiger partial charge is 0.296 e. The summed E-state index contributed by atoms with van der Waals surface area (Å²) in [7, 11) is 0. The van der Waals surface area contributed by atoms with Gasteiger partial charge in [-0.25, -0.2) is 11.7 Å². The van der Waals surface area contributed by atoms with Crippen molar-refractivity contribution in [3.63, 3.8) is 0 Å². The number of hydrogen-bond donors (Lipinski definition) is 2. The van der Waals surface area contributed by atoms with Crippen LogP contribution in [0, 0.1) is 0 Å². The molecule has 4 N–H and O–H groups in total. The highest BCUT2D eigenvalue weighted by atomic mass is 32.2. The molecule has 2 aliphatic rings. The van der Waals surface area contributed by atoms with Gasteiger partial charge in [-0.05, 0) is 6.92 Å². The molecule has 0 saturated carbocycles. The molecule has 0 saturated heterocycles. The molecule has 1 unspecified atom stereocenters. The van der Waals surface area contributed by atoms with Crippen LogP contribution in [0.2, 0.25) is 0 Å². The second-order valence-electron chi connectivity index (χ2n) is 2.79. The van der Waals surface area contributed by atoms with Crippen LogP contribution in [0.1, 0.15) is 6.92 Å². The molecule has 0 fully saturated rings. The molecule has 0 aromatic heterocycles. The Morgan fingerprint density at radius 3 is 3.17 bits per heavy atom. The summed E-state index contributed by atoms with van der Waals surface area (Å²) < 4.78 is 0. The summed E-state index contributed by atoms with van der Waals surface area (Å²) >= 11 is 1.67. The summed E-state index contributed by atoms with van der Waals surface area (Å²) in [5.74, 6) is 12.1. The minimum Gasteiger partial charge on any atom is -0.296 e. The van der Waals surface area contributed by atoms with Crippen LogP contribution in [0.5, 0.6) is 0 Å². The fraction of sp³-hybridized carbons (Fsp3) is 0.500. The molecule has 0 bridgehead atoms. The van der Waals surface area contributed by atoms with Gasteiger partial charge in [0, 0.05) is 6.20 Å². The summed E-state index contributed by atoms with van der Waals surface area (Å²) in [6, 6.07) is 0. The van der Waals surface area contributed by atoms with Crippen LogP contribution in [-0.2, 0) is 0 Å². The van der Waals surface area contributed by atoms with E-state index in [0.717, 1.165) is 10.7 Å². The third-order valence-corrected chi connectivity index (χ3v) is 2.68. The minimum absolute atomic E-state index is 0.254. The summed E-state index contributed by atoms with van der Waals surface area (Å²) in [5, 5.41) is 3.37. The van der Waals surface area contributed by atoms with E-state index in [0.29, 0.717) is 6.67 Å². The topological polar surface area (TPSA) is 70.9 Å². The van der Waals surface area contributed by atoms with Crippen LogP contribution in [0.3, 0.4) is 0 Å². The SMILES string of the molecule is CC1N=C2C(=CN(N)CN2N)S1. The number of nitrogens with two attached hydrogens (primary N) is 2. The molecule has 12 heavy (non-hydrogen) atoms. The first-order chi connectivity index (χ1) is 5.66. The van der Waals surface area contributed by atoms with E-state index in [4.69, 9.17) is 11.7 Å². The van der Waals surface area contributed by atoms with Gasteiger partial charge in [0.1, 0.15) is 6.67 Å². The Kier molecular flexibility index (Phi) is 1.75. The molecule has 0 radical (unpaired) electrons. The number of nitrogens with zero attached hydrogens (tertiary/aromatic N) is 3. The lowest BCUT2D eigenvalue weighted by molar-refractivity contribution is 0.246. The molecule has 0 aliphatic carbocycles. The highest BCUT2D eigenvalue weighted by molar-refractivity contribution is 8.04. The van der Waals surface area contributed by atoms with Crippen molar-refractivity contribution in [1.82, 2.24) is 10.0 Å². The summed E-state index contributed by atoms with van der Waals surface area (Å²) in [4.78, 5) is 5.41. The predicted octanol–water partition coefficient (Wildman–Crippen LogP) is -0.358. The van der Waals surface area contributed by atoms with Crippen LogP contribution < -0.4 is 11.7 Å². The Hall–Kier alpha value is -0.720. The van der Waals surface area contributed by atoms with Crippen LogP contribution in [0.15, 0.2) is 16.1 Å². The van der Waals surface area contributed by atoms with Gasteiger partial charge >= 0.3 is 0 Å². The highest BCUT2D eigenvalue weighted by Crippen LogP contribution is 2.33. The standard InChI is InChI=1S/C6H11N5S/c1-4-9-6-5(12-4)2-10(7)3-11(6)8/h2,4H,3,7-8H2,1H3. The van der Waals surface area contributed by atoms with E-state index in [2.05, 4.69) is 4.99 Å². The lowest BCUT2D eigenvalue weighted by Crippen LogP contribution is -2.49. The zero-order valence-electron chi connectivity index (χ0n) is 6.77. The molecule has 0 amide bonds. The zero-order valence-corrected chi connectivity index (χ0v) is 7.58. The van der Waals surface area contributed by atoms with Gasteiger partial charge in [-0.3, -0.25) is 15.0 Å². The molecule has 2 heterocycles. The van der Waals surface area contributed by atoms with E-state index >= 15 is 0 Å². The third kappa shape index (κ3) is 1.17. The van der Waals surface area contributed by atoms with Crippen molar-refractivity contribution in [2.24, 2.45) is 16.7 Å². The van der Waals surface area contributed by atoms with E-state index in [1.807, 2.05) is 13.1 Å². The Bertz CT molecular complexity index is 261. The van der Waals surface area contributed by atoms with E-state index in [1.54, 1.807) is 21.8 Å². The quantitative estimate of drug-likeness (QED) is 0.504. The lowest BCUT2D eigenvalue weighted by atomic mass is 10.4. The van der Waals surface area contributed by atoms with Gasteiger partial charge in [-0.15, -0.1) is 0 Å². The number of fused-ring (bicyclic) bond motifs is 1. The highest BCUT2D eigenvalue weighted by Gasteiger charge is 2.27. The second-order valence-corrected chi connectivity index (χ2v) is 4.15. The average Bonchev–Trinajstić information content (AvgIpc) is 2.29. The first-order valence-electron chi connectivity index (χ1n) is 3.67. The molecule has 6 heteroatoms.